The summed E-state index contributed by atoms with van der Waals surface area (Å²) in [5.74, 6) is -1.45. The van der Waals surface area contributed by atoms with Gasteiger partial charge >= 0.3 is 0 Å². The monoisotopic (exact) mass is 905 g/mol. The standard InChI is InChI=1S/C61H52N4O4/c1-37-13-21-45(22-14-37)61(69)63-53-36-49(65(54-31-19-40(4)33-42(54)6)55-32-20-41(5)34-43(55)7)28-30-51(53)57-58(66)56(59(57)67)50-29-27-48(35-52(50)62-60(68)44-11-9-8-10-12-44)64(46-23-15-38(2)16-24-46)47-25-17-39(3)18-26-47/h8-36H,1-7H3,(H2,62,63,66,67,68,69)/p+1. The maximum Gasteiger partial charge on any atom is 0.255 e. The van der Waals surface area contributed by atoms with E-state index < -0.39 is 5.78 Å². The van der Waals surface area contributed by atoms with Crippen molar-refractivity contribution in [3.8, 4) is 0 Å². The predicted molar refractivity (Wildman–Crippen MR) is 281 cm³/mol. The van der Waals surface area contributed by atoms with E-state index in [1.807, 2.05) is 112 Å². The molecular formula is C61H53N4O4+. The molecule has 7 aromatic carbocycles. The summed E-state index contributed by atoms with van der Waals surface area (Å²) in [7, 11) is 0. The van der Waals surface area contributed by atoms with Crippen LogP contribution in [0.3, 0.4) is 0 Å². The van der Waals surface area contributed by atoms with Gasteiger partial charge in [0.2, 0.25) is 22.9 Å². The van der Waals surface area contributed by atoms with Crippen LogP contribution in [0.1, 0.15) is 65.2 Å². The van der Waals surface area contributed by atoms with Crippen molar-refractivity contribution in [1.82, 2.24) is 9.89 Å². The van der Waals surface area contributed by atoms with Crippen LogP contribution >= 0.6 is 0 Å². The number of aliphatic hydroxyl groups excluding tert-OH is 1. The van der Waals surface area contributed by atoms with Crippen LogP contribution in [0, 0.1) is 48.5 Å². The molecule has 0 saturated carbocycles. The van der Waals surface area contributed by atoms with Crippen LogP contribution in [-0.4, -0.2) is 28.4 Å². The predicted octanol–water partition coefficient (Wildman–Crippen LogP) is 13.6. The molecule has 69 heavy (non-hydrogen) atoms. The normalized spacial score (nSPS) is 14.3. The molecule has 0 bridgehead atoms. The molecule has 0 atom stereocenters. The SMILES string of the molecule is Cc1ccc(C(=O)Nc2cc(N(c3ccc(C)cc3C)c3ccc(C)cc3C)ccc2C2=C(O)/C(=C3/C=CC(=[N+](c4ccc(C)cc4)c4ccc(C)cc4)C=C3NC(=O)c3ccccc3)C2=O)cc1. The fraction of sp³-hybridized carbons (Fsp3) is 0.115. The zero-order chi connectivity index (χ0) is 48.5. The van der Waals surface area contributed by atoms with Gasteiger partial charge in [-0.2, -0.15) is 4.58 Å². The van der Waals surface area contributed by atoms with Gasteiger partial charge < -0.3 is 20.6 Å². The van der Waals surface area contributed by atoms with E-state index in [9.17, 15) is 19.5 Å². The second-order valence-corrected chi connectivity index (χ2v) is 17.9. The minimum absolute atomic E-state index is 0.0456. The first-order valence-electron chi connectivity index (χ1n) is 23.0. The van der Waals surface area contributed by atoms with Gasteiger partial charge in [-0.05, 0) is 120 Å². The van der Waals surface area contributed by atoms with Crippen LogP contribution in [0.25, 0.3) is 5.57 Å². The Hall–Kier alpha value is -8.62. The first-order chi connectivity index (χ1) is 33.2. The number of hydrogen-bond donors (Lipinski definition) is 3. The summed E-state index contributed by atoms with van der Waals surface area (Å²) >= 11 is 0. The highest BCUT2D eigenvalue weighted by Gasteiger charge is 2.40. The molecule has 8 nitrogen and oxygen atoms in total. The Morgan fingerprint density at radius 3 is 1.57 bits per heavy atom. The van der Waals surface area contributed by atoms with E-state index >= 15 is 0 Å². The van der Waals surface area contributed by atoms with Gasteiger partial charge in [-0.15, -0.1) is 0 Å². The molecule has 0 saturated heterocycles. The molecule has 3 N–H and O–H groups in total. The molecule has 0 aliphatic heterocycles. The molecule has 340 valence electrons. The summed E-state index contributed by atoms with van der Waals surface area (Å²) in [6.07, 6.45) is 5.48. The Morgan fingerprint density at radius 1 is 0.522 bits per heavy atom. The highest BCUT2D eigenvalue weighted by atomic mass is 16.3. The van der Waals surface area contributed by atoms with Gasteiger partial charge in [0.25, 0.3) is 11.8 Å². The number of aliphatic hydroxyl groups is 1. The molecule has 7 aromatic rings. The van der Waals surface area contributed by atoms with Crippen LogP contribution in [0.2, 0.25) is 0 Å². The molecule has 0 heterocycles. The van der Waals surface area contributed by atoms with E-state index in [0.717, 1.165) is 73.1 Å². The van der Waals surface area contributed by atoms with E-state index in [-0.39, 0.29) is 28.7 Å². The molecule has 0 spiro atoms. The molecule has 2 amide bonds. The first kappa shape index (κ1) is 45.5. The topological polar surface area (TPSA) is 102 Å². The van der Waals surface area contributed by atoms with Crippen molar-refractivity contribution in [3.63, 3.8) is 0 Å². The second kappa shape index (κ2) is 18.9. The number of carbonyl (C=O) groups is 3. The number of nitrogens with zero attached hydrogens (tertiary/aromatic N) is 2. The highest BCUT2D eigenvalue weighted by Crippen LogP contribution is 2.46. The van der Waals surface area contributed by atoms with Gasteiger partial charge in [-0.3, -0.25) is 14.4 Å². The Balaban J connectivity index is 1.21. The largest absolute Gasteiger partial charge is 0.506 e. The number of rotatable bonds is 10. The zero-order valence-electron chi connectivity index (χ0n) is 39.8. The molecular weight excluding hydrogens is 853 g/mol. The van der Waals surface area contributed by atoms with Gasteiger partial charge in [-0.1, -0.05) is 107 Å². The average molecular weight is 906 g/mol. The van der Waals surface area contributed by atoms with Gasteiger partial charge in [0.1, 0.15) is 5.76 Å². The second-order valence-electron chi connectivity index (χ2n) is 17.9. The van der Waals surface area contributed by atoms with E-state index in [2.05, 4.69) is 84.2 Å². The van der Waals surface area contributed by atoms with Crippen LogP contribution in [0.4, 0.5) is 34.1 Å². The molecule has 8 heteroatoms. The molecule has 2 aliphatic rings. The fourth-order valence-electron chi connectivity index (χ4n) is 8.93. The van der Waals surface area contributed by atoms with Gasteiger partial charge in [-0.25, -0.2) is 0 Å². The van der Waals surface area contributed by atoms with Crippen molar-refractivity contribution in [3.05, 3.63) is 254 Å². The quantitative estimate of drug-likeness (QED) is 0.0937. The molecule has 0 radical (unpaired) electrons. The smallest absolute Gasteiger partial charge is 0.255 e. The summed E-state index contributed by atoms with van der Waals surface area (Å²) in [5, 5.41) is 18.4. The number of aryl methyl sites for hydroxylation is 7. The average Bonchev–Trinajstić information content (AvgIpc) is 3.33. The summed E-state index contributed by atoms with van der Waals surface area (Å²) < 4.78 is 2.08. The third kappa shape index (κ3) is 9.25. The number of allylic oxidation sites excluding steroid dienone is 5. The maximum atomic E-state index is 14.9. The van der Waals surface area contributed by atoms with Crippen molar-refractivity contribution >= 4 is 63.0 Å². The van der Waals surface area contributed by atoms with Gasteiger partial charge in [0, 0.05) is 75.7 Å². The number of benzene rings is 7. The van der Waals surface area contributed by atoms with Crippen molar-refractivity contribution < 1.29 is 19.5 Å². The third-order valence-corrected chi connectivity index (χ3v) is 12.6. The number of nitrogens with one attached hydrogen (secondary N) is 2. The molecule has 0 aromatic heterocycles. The number of anilines is 4. The fourth-order valence-corrected chi connectivity index (χ4v) is 8.93. The van der Waals surface area contributed by atoms with E-state index in [1.54, 1.807) is 48.5 Å². The van der Waals surface area contributed by atoms with Crippen LogP contribution < -0.4 is 20.1 Å². The molecule has 0 unspecified atom stereocenters. The number of ketones is 1. The maximum absolute atomic E-state index is 14.9. The summed E-state index contributed by atoms with van der Waals surface area (Å²) in [5.41, 5.74) is 15.1. The van der Waals surface area contributed by atoms with Crippen molar-refractivity contribution in [2.24, 2.45) is 0 Å². The lowest BCUT2D eigenvalue weighted by Crippen LogP contribution is -2.31. The van der Waals surface area contributed by atoms with Gasteiger partial charge in [0.15, 0.2) is 0 Å². The summed E-state index contributed by atoms with van der Waals surface area (Å²) in [6.45, 7) is 14.3. The highest BCUT2D eigenvalue weighted by molar-refractivity contribution is 6.40. The Kier molecular flexibility index (Phi) is 12.5. The van der Waals surface area contributed by atoms with Crippen LogP contribution in [-0.2, 0) is 4.79 Å². The lowest BCUT2D eigenvalue weighted by Gasteiger charge is -2.31. The minimum Gasteiger partial charge on any atom is -0.506 e. The number of hydrogen-bond acceptors (Lipinski definition) is 5. The Labute approximate surface area is 403 Å². The minimum atomic E-state index is -0.441. The lowest BCUT2D eigenvalue weighted by atomic mass is 9.78. The van der Waals surface area contributed by atoms with E-state index in [0.29, 0.717) is 33.6 Å². The summed E-state index contributed by atoms with van der Waals surface area (Å²) in [4.78, 5) is 45.1. The molecule has 9 rings (SSSR count). The van der Waals surface area contributed by atoms with Crippen LogP contribution in [0.5, 0.6) is 0 Å². The van der Waals surface area contributed by atoms with E-state index in [1.165, 1.54) is 0 Å². The van der Waals surface area contributed by atoms with Crippen molar-refractivity contribution in [2.75, 3.05) is 10.2 Å². The zero-order valence-corrected chi connectivity index (χ0v) is 39.8. The van der Waals surface area contributed by atoms with E-state index in [4.69, 9.17) is 0 Å². The number of carbonyl (C=O) groups excluding carboxylic acids is 3. The first-order valence-corrected chi connectivity index (χ1v) is 23.0. The Morgan fingerprint density at radius 2 is 1.03 bits per heavy atom. The third-order valence-electron chi connectivity index (χ3n) is 12.6. The number of amides is 2. The molecule has 0 fully saturated rings. The van der Waals surface area contributed by atoms with Crippen molar-refractivity contribution in [2.45, 2.75) is 48.5 Å². The van der Waals surface area contributed by atoms with Crippen LogP contribution in [0.15, 0.2) is 199 Å². The number of Topliss-reactive ketones (excluding diaryl/α,β-unsaturated/α-hetero) is 1. The van der Waals surface area contributed by atoms with Gasteiger partial charge in [0.05, 0.1) is 22.5 Å². The van der Waals surface area contributed by atoms with Crippen molar-refractivity contribution in [1.29, 1.82) is 0 Å². The Bertz CT molecular complexity index is 3270. The summed E-state index contributed by atoms with van der Waals surface area (Å²) in [6, 6.07) is 50.6. The molecule has 2 aliphatic carbocycles. The lowest BCUT2D eigenvalue weighted by molar-refractivity contribution is -0.111.